The molecule has 1 aliphatic heterocycles. The second kappa shape index (κ2) is 9.61. The van der Waals surface area contributed by atoms with E-state index >= 15 is 0 Å². The number of nitrogens with two attached hydrogens (primary N) is 1. The van der Waals surface area contributed by atoms with Crippen LogP contribution < -0.4 is 5.73 Å². The molecule has 4 rings (SSSR count). The van der Waals surface area contributed by atoms with Crippen molar-refractivity contribution in [3.8, 4) is 6.07 Å². The van der Waals surface area contributed by atoms with E-state index in [1.54, 1.807) is 12.1 Å². The van der Waals surface area contributed by atoms with E-state index < -0.39 is 36.2 Å². The van der Waals surface area contributed by atoms with Crippen molar-refractivity contribution in [3.05, 3.63) is 24.2 Å². The summed E-state index contributed by atoms with van der Waals surface area (Å²) in [5.41, 5.74) is 4.63. The number of anilines is 1. The molecular formula is C22H29N5O6. The number of rotatable bonds is 7. The quantitative estimate of drug-likeness (QED) is 0.402. The molecule has 0 radical (unpaired) electrons. The topological polar surface area (TPSA) is 165 Å². The number of ether oxygens (including phenoxy) is 3. The Bertz CT molecular complexity index is 1030. The lowest BCUT2D eigenvalue weighted by Gasteiger charge is -2.25. The number of aliphatic hydroxyl groups is 2. The monoisotopic (exact) mass is 459 g/mol. The first-order chi connectivity index (χ1) is 15.9. The molecule has 33 heavy (non-hydrogen) atoms. The predicted molar refractivity (Wildman–Crippen MR) is 114 cm³/mol. The first kappa shape index (κ1) is 23.4. The first-order valence-corrected chi connectivity index (χ1v) is 11.2. The summed E-state index contributed by atoms with van der Waals surface area (Å²) in [6, 6.07) is 5.19. The van der Waals surface area contributed by atoms with E-state index in [0.29, 0.717) is 17.9 Å². The lowest BCUT2D eigenvalue weighted by Crippen LogP contribution is -2.43. The summed E-state index contributed by atoms with van der Waals surface area (Å²) in [6.45, 7) is 1.03. The number of aromatic nitrogens is 3. The molecule has 1 aliphatic carbocycles. The molecule has 2 aromatic rings. The van der Waals surface area contributed by atoms with Crippen LogP contribution in [0.5, 0.6) is 0 Å². The first-order valence-electron chi connectivity index (χ1n) is 11.2. The summed E-state index contributed by atoms with van der Waals surface area (Å²) in [7, 11) is 0. The number of carbonyl (C=O) groups is 1. The van der Waals surface area contributed by atoms with Crippen molar-refractivity contribution in [3.63, 3.8) is 0 Å². The second-order valence-corrected chi connectivity index (χ2v) is 8.71. The zero-order valence-electron chi connectivity index (χ0n) is 18.5. The standard InChI is InChI=1S/C22H29N5O6/c1-13(28)32-19-16(10-31-18(29)9-14-5-3-2-4-6-14)33-22(11-23,20(19)30)17-8-7-15-21(24)25-12-26-27(15)17/h7-8,12,14,16,18-20,29-30H,2-6,9-10H2,1H3,(H2,24,25,26)/t16-,18?,19-,20-,22+/m1/s1. The molecule has 0 amide bonds. The molecule has 0 spiro atoms. The van der Waals surface area contributed by atoms with Gasteiger partial charge in [-0.2, -0.15) is 10.4 Å². The Morgan fingerprint density at radius 2 is 2.18 bits per heavy atom. The van der Waals surface area contributed by atoms with Crippen LogP contribution in [0.4, 0.5) is 5.82 Å². The van der Waals surface area contributed by atoms with Gasteiger partial charge < -0.3 is 30.2 Å². The van der Waals surface area contributed by atoms with E-state index in [4.69, 9.17) is 19.9 Å². The summed E-state index contributed by atoms with van der Waals surface area (Å²) in [4.78, 5) is 15.7. The minimum atomic E-state index is -1.91. The van der Waals surface area contributed by atoms with E-state index in [1.165, 1.54) is 24.2 Å². The van der Waals surface area contributed by atoms with Gasteiger partial charge in [0.05, 0.1) is 12.3 Å². The number of nitrogens with zero attached hydrogens (tertiary/aromatic N) is 4. The fourth-order valence-electron chi connectivity index (χ4n) is 4.85. The summed E-state index contributed by atoms with van der Waals surface area (Å²) >= 11 is 0. The molecular weight excluding hydrogens is 430 g/mol. The van der Waals surface area contributed by atoms with Gasteiger partial charge in [0.2, 0.25) is 5.60 Å². The maximum absolute atomic E-state index is 11.7. The Labute approximate surface area is 191 Å². The molecule has 2 aromatic heterocycles. The smallest absolute Gasteiger partial charge is 0.303 e. The van der Waals surface area contributed by atoms with Crippen molar-refractivity contribution < 1.29 is 29.2 Å². The summed E-state index contributed by atoms with van der Waals surface area (Å²) in [6.07, 6.45) is 2.60. The van der Waals surface area contributed by atoms with E-state index in [1.807, 2.05) is 6.07 Å². The van der Waals surface area contributed by atoms with Crippen molar-refractivity contribution in [1.29, 1.82) is 5.26 Å². The fourth-order valence-corrected chi connectivity index (χ4v) is 4.85. The Balaban J connectivity index is 1.56. The molecule has 0 bridgehead atoms. The van der Waals surface area contributed by atoms with Crippen LogP contribution in [0.25, 0.3) is 5.52 Å². The van der Waals surface area contributed by atoms with Gasteiger partial charge in [0, 0.05) is 13.3 Å². The number of aliphatic hydroxyl groups excluding tert-OH is 2. The van der Waals surface area contributed by atoms with Gasteiger partial charge in [-0.05, 0) is 18.1 Å². The lowest BCUT2D eigenvalue weighted by atomic mass is 9.87. The van der Waals surface area contributed by atoms with E-state index in [9.17, 15) is 20.3 Å². The van der Waals surface area contributed by atoms with Crippen LogP contribution in [0, 0.1) is 17.2 Å². The van der Waals surface area contributed by atoms with Gasteiger partial charge in [-0.25, -0.2) is 9.50 Å². The van der Waals surface area contributed by atoms with Gasteiger partial charge in [-0.15, -0.1) is 0 Å². The maximum Gasteiger partial charge on any atom is 0.303 e. The van der Waals surface area contributed by atoms with Gasteiger partial charge in [0.25, 0.3) is 0 Å². The molecule has 178 valence electrons. The Morgan fingerprint density at radius 1 is 1.42 bits per heavy atom. The van der Waals surface area contributed by atoms with E-state index in [2.05, 4.69) is 10.1 Å². The van der Waals surface area contributed by atoms with Crippen molar-refractivity contribution in [1.82, 2.24) is 14.6 Å². The molecule has 11 heteroatoms. The lowest BCUT2D eigenvalue weighted by molar-refractivity contribution is -0.166. The average Bonchev–Trinajstić information content (AvgIpc) is 3.34. The molecule has 2 fully saturated rings. The maximum atomic E-state index is 11.7. The van der Waals surface area contributed by atoms with Crippen molar-refractivity contribution in [2.75, 3.05) is 12.3 Å². The predicted octanol–water partition coefficient (Wildman–Crippen LogP) is 1.03. The molecule has 3 heterocycles. The highest BCUT2D eigenvalue weighted by atomic mass is 16.6. The molecule has 1 saturated heterocycles. The average molecular weight is 460 g/mol. The molecule has 5 atom stereocenters. The Morgan fingerprint density at radius 3 is 2.88 bits per heavy atom. The van der Waals surface area contributed by atoms with Crippen LogP contribution in [0.2, 0.25) is 0 Å². The van der Waals surface area contributed by atoms with Crippen molar-refractivity contribution in [2.24, 2.45) is 5.92 Å². The van der Waals surface area contributed by atoms with Crippen LogP contribution in [-0.2, 0) is 24.6 Å². The van der Waals surface area contributed by atoms with Gasteiger partial charge in [0.15, 0.2) is 18.2 Å². The minimum Gasteiger partial charge on any atom is -0.457 e. The normalized spacial score (nSPS) is 29.1. The third-order valence-corrected chi connectivity index (χ3v) is 6.47. The number of nitriles is 1. The zero-order chi connectivity index (χ0) is 23.6. The van der Waals surface area contributed by atoms with Crippen LogP contribution in [0.3, 0.4) is 0 Å². The molecule has 0 aromatic carbocycles. The molecule has 1 saturated carbocycles. The number of esters is 1. The highest BCUT2D eigenvalue weighted by Gasteiger charge is 2.59. The SMILES string of the molecule is CC(=O)O[C@H]1[C@@H](O)[C@](C#N)(c2ccc3c(N)ncnn23)O[C@@H]1COC(O)CC1CCCCC1. The fraction of sp³-hybridized carbons (Fsp3) is 0.636. The summed E-state index contributed by atoms with van der Waals surface area (Å²) < 4.78 is 18.3. The number of hydrogen-bond donors (Lipinski definition) is 3. The van der Waals surface area contributed by atoms with E-state index in [-0.39, 0.29) is 18.1 Å². The summed E-state index contributed by atoms with van der Waals surface area (Å²) in [5, 5.41) is 35.7. The van der Waals surface area contributed by atoms with Gasteiger partial charge >= 0.3 is 5.97 Å². The Hall–Kier alpha value is -2.78. The Kier molecular flexibility index (Phi) is 6.81. The van der Waals surface area contributed by atoms with Crippen molar-refractivity contribution >= 4 is 17.3 Å². The number of fused-ring (bicyclic) bond motifs is 1. The largest absolute Gasteiger partial charge is 0.457 e. The minimum absolute atomic E-state index is 0.174. The molecule has 2 aliphatic rings. The zero-order valence-corrected chi connectivity index (χ0v) is 18.5. The van der Waals surface area contributed by atoms with Gasteiger partial charge in [-0.1, -0.05) is 32.1 Å². The third-order valence-electron chi connectivity index (χ3n) is 6.47. The van der Waals surface area contributed by atoms with E-state index in [0.717, 1.165) is 25.7 Å². The summed E-state index contributed by atoms with van der Waals surface area (Å²) in [5.74, 6) is -0.0571. The van der Waals surface area contributed by atoms with Crippen LogP contribution >= 0.6 is 0 Å². The third kappa shape index (κ3) is 4.52. The van der Waals surface area contributed by atoms with Gasteiger partial charge in [0.1, 0.15) is 30.1 Å². The molecule has 11 nitrogen and oxygen atoms in total. The van der Waals surface area contributed by atoms with Crippen LogP contribution in [0.15, 0.2) is 18.5 Å². The van der Waals surface area contributed by atoms with Crippen LogP contribution in [0.1, 0.15) is 51.1 Å². The number of carbonyl (C=O) groups excluding carboxylic acids is 1. The molecule has 1 unspecified atom stereocenters. The molecule has 4 N–H and O–H groups in total. The van der Waals surface area contributed by atoms with Crippen LogP contribution in [-0.4, -0.2) is 62.0 Å². The highest BCUT2D eigenvalue weighted by molar-refractivity contribution is 5.67. The number of nitrogen functional groups attached to an aromatic ring is 1. The number of hydrogen-bond acceptors (Lipinski definition) is 10. The second-order valence-electron chi connectivity index (χ2n) is 8.71. The highest BCUT2D eigenvalue weighted by Crippen LogP contribution is 2.42. The van der Waals surface area contributed by atoms with Gasteiger partial charge in [-0.3, -0.25) is 4.79 Å². The van der Waals surface area contributed by atoms with Crippen molar-refractivity contribution in [2.45, 2.75) is 75.7 Å².